The Morgan fingerprint density at radius 2 is 1.71 bits per heavy atom. The number of carboxylic acid groups (broad SMARTS) is 1. The summed E-state index contributed by atoms with van der Waals surface area (Å²) in [5, 5.41) is 8.65. The first-order chi connectivity index (χ1) is 6.15. The van der Waals surface area contributed by atoms with Crippen molar-refractivity contribution in [1.82, 2.24) is 0 Å². The molecule has 0 fully saturated rings. The fourth-order valence-electron chi connectivity index (χ4n) is 0.788. The van der Waals surface area contributed by atoms with E-state index in [1.54, 1.807) is 20.8 Å². The van der Waals surface area contributed by atoms with Crippen molar-refractivity contribution in [3.63, 3.8) is 0 Å². The van der Waals surface area contributed by atoms with Gasteiger partial charge in [0, 0.05) is 0 Å². The minimum Gasteiger partial charge on any atom is -0.481 e. The Balaban J connectivity index is 4.55. The number of esters is 1. The smallest absolute Gasteiger partial charge is 0.323 e. The van der Waals surface area contributed by atoms with Gasteiger partial charge in [-0.1, -0.05) is 0 Å². The molecule has 1 atom stereocenters. The highest BCUT2D eigenvalue weighted by Gasteiger charge is 2.34. The van der Waals surface area contributed by atoms with Crippen LogP contribution in [0.25, 0.3) is 0 Å². The van der Waals surface area contributed by atoms with E-state index in [1.165, 1.54) is 0 Å². The molecule has 0 radical (unpaired) electrons. The molecule has 0 bridgehead atoms. The highest BCUT2D eigenvalue weighted by molar-refractivity contribution is 5.94. The van der Waals surface area contributed by atoms with E-state index < -0.39 is 29.6 Å². The molecule has 0 aliphatic heterocycles. The zero-order chi connectivity index (χ0) is 11.5. The van der Waals surface area contributed by atoms with Gasteiger partial charge in [0.2, 0.25) is 0 Å². The van der Waals surface area contributed by atoms with E-state index in [0.29, 0.717) is 0 Å². The zero-order valence-electron chi connectivity index (χ0n) is 8.48. The third kappa shape index (κ3) is 4.20. The van der Waals surface area contributed by atoms with Gasteiger partial charge in [-0.3, -0.25) is 9.59 Å². The SMILES string of the molecule is CC(C)(C)OC(=O)[C@@H](C(=O)O)C(N)N. The number of nitrogens with two attached hydrogens (primary N) is 2. The molecule has 6 nitrogen and oxygen atoms in total. The minimum atomic E-state index is -1.52. The van der Waals surface area contributed by atoms with Crippen LogP contribution in [-0.4, -0.2) is 28.8 Å². The topological polar surface area (TPSA) is 116 Å². The summed E-state index contributed by atoms with van der Waals surface area (Å²) in [7, 11) is 0. The molecule has 0 aromatic carbocycles. The van der Waals surface area contributed by atoms with Gasteiger partial charge in [0.1, 0.15) is 5.60 Å². The van der Waals surface area contributed by atoms with Crippen molar-refractivity contribution in [2.45, 2.75) is 32.5 Å². The number of ether oxygens (including phenoxy) is 1. The van der Waals surface area contributed by atoms with Gasteiger partial charge in [0.15, 0.2) is 5.92 Å². The molecule has 0 heterocycles. The van der Waals surface area contributed by atoms with E-state index in [0.717, 1.165) is 0 Å². The molecule has 0 spiro atoms. The molecular weight excluding hydrogens is 188 g/mol. The quantitative estimate of drug-likeness (QED) is 0.317. The Morgan fingerprint density at radius 1 is 1.29 bits per heavy atom. The van der Waals surface area contributed by atoms with Crippen LogP contribution in [-0.2, 0) is 14.3 Å². The summed E-state index contributed by atoms with van der Waals surface area (Å²) < 4.78 is 4.84. The second kappa shape index (κ2) is 4.39. The first-order valence-corrected chi connectivity index (χ1v) is 4.12. The summed E-state index contributed by atoms with van der Waals surface area (Å²) in [6.07, 6.45) is -1.26. The summed E-state index contributed by atoms with van der Waals surface area (Å²) >= 11 is 0. The van der Waals surface area contributed by atoms with E-state index >= 15 is 0 Å². The number of hydrogen-bond donors (Lipinski definition) is 3. The Bertz CT molecular complexity index is 232. The van der Waals surface area contributed by atoms with Gasteiger partial charge in [-0.05, 0) is 20.8 Å². The number of rotatable bonds is 3. The van der Waals surface area contributed by atoms with Crippen LogP contribution >= 0.6 is 0 Å². The summed E-state index contributed by atoms with van der Waals surface area (Å²) in [6, 6.07) is 0. The van der Waals surface area contributed by atoms with Crippen molar-refractivity contribution in [3.8, 4) is 0 Å². The maximum Gasteiger partial charge on any atom is 0.323 e. The van der Waals surface area contributed by atoms with Crippen LogP contribution in [0.2, 0.25) is 0 Å². The van der Waals surface area contributed by atoms with Crippen LogP contribution in [0, 0.1) is 5.92 Å². The van der Waals surface area contributed by atoms with Gasteiger partial charge < -0.3 is 21.3 Å². The van der Waals surface area contributed by atoms with Crippen LogP contribution in [0.5, 0.6) is 0 Å². The number of hydrogen-bond acceptors (Lipinski definition) is 5. The molecular formula is C8H16N2O4. The molecule has 14 heavy (non-hydrogen) atoms. The highest BCUT2D eigenvalue weighted by Crippen LogP contribution is 2.12. The molecule has 0 aromatic rings. The Kier molecular flexibility index (Phi) is 4.03. The summed E-state index contributed by atoms with van der Waals surface area (Å²) in [4.78, 5) is 21.9. The first-order valence-electron chi connectivity index (χ1n) is 4.12. The summed E-state index contributed by atoms with van der Waals surface area (Å²) in [5.41, 5.74) is 9.56. The Labute approximate surface area is 82.2 Å². The molecule has 82 valence electrons. The predicted octanol–water partition coefficient (Wildman–Crippen LogP) is -0.728. The molecule has 0 amide bonds. The molecule has 5 N–H and O–H groups in total. The fourth-order valence-corrected chi connectivity index (χ4v) is 0.788. The lowest BCUT2D eigenvalue weighted by molar-refractivity contribution is -0.167. The van der Waals surface area contributed by atoms with Crippen molar-refractivity contribution < 1.29 is 19.4 Å². The van der Waals surface area contributed by atoms with E-state index in [2.05, 4.69) is 0 Å². The van der Waals surface area contributed by atoms with Gasteiger partial charge in [-0.25, -0.2) is 0 Å². The third-order valence-electron chi connectivity index (χ3n) is 1.31. The largest absolute Gasteiger partial charge is 0.481 e. The fraction of sp³-hybridized carbons (Fsp3) is 0.750. The van der Waals surface area contributed by atoms with Crippen LogP contribution < -0.4 is 11.5 Å². The van der Waals surface area contributed by atoms with Crippen molar-refractivity contribution in [2.24, 2.45) is 17.4 Å². The van der Waals surface area contributed by atoms with Crippen LogP contribution in [0.15, 0.2) is 0 Å². The van der Waals surface area contributed by atoms with Crippen LogP contribution in [0.1, 0.15) is 20.8 Å². The monoisotopic (exact) mass is 204 g/mol. The number of carbonyl (C=O) groups is 2. The third-order valence-corrected chi connectivity index (χ3v) is 1.31. The minimum absolute atomic E-state index is 0.750. The lowest BCUT2D eigenvalue weighted by Crippen LogP contribution is -2.48. The molecule has 0 rings (SSSR count). The van der Waals surface area contributed by atoms with Crippen LogP contribution in [0.3, 0.4) is 0 Å². The molecule has 0 aliphatic carbocycles. The lowest BCUT2D eigenvalue weighted by Gasteiger charge is -2.23. The van der Waals surface area contributed by atoms with Gasteiger partial charge in [-0.15, -0.1) is 0 Å². The number of aliphatic carboxylic acids is 1. The number of carbonyl (C=O) groups excluding carboxylic acids is 1. The average molecular weight is 204 g/mol. The maximum atomic E-state index is 11.3. The normalized spacial score (nSPS) is 13.9. The summed E-state index contributed by atoms with van der Waals surface area (Å²) in [5.74, 6) is -3.82. The van der Waals surface area contributed by atoms with E-state index in [4.69, 9.17) is 21.3 Å². The van der Waals surface area contributed by atoms with Gasteiger partial charge in [0.05, 0.1) is 6.17 Å². The molecule has 0 aliphatic rings. The van der Waals surface area contributed by atoms with Crippen LogP contribution in [0.4, 0.5) is 0 Å². The van der Waals surface area contributed by atoms with Gasteiger partial charge in [0.25, 0.3) is 0 Å². The van der Waals surface area contributed by atoms with Crippen molar-refractivity contribution in [1.29, 1.82) is 0 Å². The maximum absolute atomic E-state index is 11.3. The van der Waals surface area contributed by atoms with Gasteiger partial charge >= 0.3 is 11.9 Å². The van der Waals surface area contributed by atoms with Crippen molar-refractivity contribution in [3.05, 3.63) is 0 Å². The molecule has 0 saturated carbocycles. The first kappa shape index (κ1) is 12.9. The predicted molar refractivity (Wildman–Crippen MR) is 49.1 cm³/mol. The Morgan fingerprint density at radius 3 is 1.93 bits per heavy atom. The Hall–Kier alpha value is -1.14. The zero-order valence-corrected chi connectivity index (χ0v) is 8.48. The van der Waals surface area contributed by atoms with Crippen molar-refractivity contribution >= 4 is 11.9 Å². The van der Waals surface area contributed by atoms with Crippen molar-refractivity contribution in [2.75, 3.05) is 0 Å². The molecule has 0 aromatic heterocycles. The summed E-state index contributed by atoms with van der Waals surface area (Å²) in [6.45, 7) is 4.89. The second-order valence-electron chi connectivity index (χ2n) is 3.93. The van der Waals surface area contributed by atoms with Gasteiger partial charge in [-0.2, -0.15) is 0 Å². The molecule has 0 unspecified atom stereocenters. The van der Waals surface area contributed by atoms with E-state index in [9.17, 15) is 9.59 Å². The lowest BCUT2D eigenvalue weighted by atomic mass is 10.1. The van der Waals surface area contributed by atoms with E-state index in [-0.39, 0.29) is 0 Å². The standard InChI is InChI=1S/C8H16N2O4/c1-8(2,3)14-7(13)4(5(9)10)6(11)12/h4-5H,9-10H2,1-3H3,(H,11,12)/t4-/m1/s1. The molecule has 0 saturated heterocycles. The molecule has 6 heteroatoms. The van der Waals surface area contributed by atoms with E-state index in [1.807, 2.05) is 0 Å². The second-order valence-corrected chi connectivity index (χ2v) is 3.93. The number of carboxylic acids is 1. The average Bonchev–Trinajstić information content (AvgIpc) is 1.78. The highest BCUT2D eigenvalue weighted by atomic mass is 16.6.